The van der Waals surface area contributed by atoms with Gasteiger partial charge in [-0.2, -0.15) is 0 Å². The molecule has 0 atom stereocenters. The molecule has 1 fully saturated rings. The summed E-state index contributed by atoms with van der Waals surface area (Å²) in [6.07, 6.45) is 0. The third-order valence-electron chi connectivity index (χ3n) is 5.20. The lowest BCUT2D eigenvalue weighted by atomic mass is 10.2. The highest BCUT2D eigenvalue weighted by molar-refractivity contribution is 9.10. The van der Waals surface area contributed by atoms with E-state index in [1.54, 1.807) is 33.7 Å². The van der Waals surface area contributed by atoms with Crippen LogP contribution < -0.4 is 4.90 Å². The first kappa shape index (κ1) is 19.8. The van der Waals surface area contributed by atoms with E-state index in [9.17, 15) is 14.7 Å². The Morgan fingerprint density at radius 3 is 2.34 bits per heavy atom. The van der Waals surface area contributed by atoms with Gasteiger partial charge in [0.15, 0.2) is 0 Å². The summed E-state index contributed by atoms with van der Waals surface area (Å²) in [5.41, 5.74) is 1.90. The quantitative estimate of drug-likeness (QED) is 0.616. The second-order valence-electron chi connectivity index (χ2n) is 6.97. The summed E-state index contributed by atoms with van der Waals surface area (Å²) in [6, 6.07) is 14.8. The van der Waals surface area contributed by atoms with Crippen molar-refractivity contribution in [2.75, 3.05) is 31.1 Å². The topological polar surface area (TPSA) is 65.8 Å². The van der Waals surface area contributed by atoms with E-state index in [0.717, 1.165) is 23.2 Å². The molecule has 2 heterocycles. The van der Waals surface area contributed by atoms with Gasteiger partial charge in [0, 0.05) is 52.3 Å². The Bertz CT molecular complexity index is 1070. The average molecular weight is 477 g/mol. The van der Waals surface area contributed by atoms with E-state index < -0.39 is 5.97 Å². The number of hydrogen-bond acceptors (Lipinski definition) is 3. The van der Waals surface area contributed by atoms with Crippen LogP contribution >= 0.6 is 27.5 Å². The van der Waals surface area contributed by atoms with Gasteiger partial charge in [-0.3, -0.25) is 4.79 Å². The standard InChI is InChI=1S/C21H19BrClN3O3/c22-15-1-4-17(5-2-15)24-7-9-25(10-8-24)20(27)13-26-18-6-3-16(23)11-14(18)12-19(26)21(28)29/h1-6,11-12H,7-10,13H2,(H,28,29). The lowest BCUT2D eigenvalue weighted by Crippen LogP contribution is -2.49. The summed E-state index contributed by atoms with van der Waals surface area (Å²) in [5, 5.41) is 10.8. The first-order chi connectivity index (χ1) is 13.9. The molecule has 4 rings (SSSR count). The Labute approximate surface area is 181 Å². The van der Waals surface area contributed by atoms with Crippen molar-refractivity contribution >= 4 is 56.0 Å². The molecule has 1 aliphatic rings. The molecule has 0 unspecified atom stereocenters. The first-order valence-corrected chi connectivity index (χ1v) is 10.4. The summed E-state index contributed by atoms with van der Waals surface area (Å²) < 4.78 is 2.58. The average Bonchev–Trinajstić information content (AvgIpc) is 3.06. The molecule has 1 aromatic heterocycles. The van der Waals surface area contributed by atoms with E-state index in [1.165, 1.54) is 0 Å². The van der Waals surface area contributed by atoms with Crippen molar-refractivity contribution in [1.29, 1.82) is 0 Å². The molecule has 3 aromatic rings. The molecule has 8 heteroatoms. The van der Waals surface area contributed by atoms with Gasteiger partial charge in [-0.1, -0.05) is 27.5 Å². The number of carbonyl (C=O) groups is 2. The van der Waals surface area contributed by atoms with Gasteiger partial charge in [-0.05, 0) is 48.5 Å². The van der Waals surface area contributed by atoms with Gasteiger partial charge in [0.1, 0.15) is 12.2 Å². The number of carbonyl (C=O) groups excluding carboxylic acids is 1. The van der Waals surface area contributed by atoms with Crippen LogP contribution in [0.5, 0.6) is 0 Å². The highest BCUT2D eigenvalue weighted by Crippen LogP contribution is 2.24. The van der Waals surface area contributed by atoms with Crippen LogP contribution in [0, 0.1) is 0 Å². The third kappa shape index (κ3) is 4.11. The van der Waals surface area contributed by atoms with Gasteiger partial charge in [0.2, 0.25) is 5.91 Å². The van der Waals surface area contributed by atoms with Crippen LogP contribution in [0.4, 0.5) is 5.69 Å². The lowest BCUT2D eigenvalue weighted by Gasteiger charge is -2.36. The fourth-order valence-electron chi connectivity index (χ4n) is 3.69. The number of piperazine rings is 1. The molecule has 1 N–H and O–H groups in total. The van der Waals surface area contributed by atoms with Crippen molar-refractivity contribution in [3.8, 4) is 0 Å². The molecule has 1 aliphatic heterocycles. The predicted octanol–water partition coefficient (Wildman–Crippen LogP) is 4.10. The van der Waals surface area contributed by atoms with Gasteiger partial charge in [0.25, 0.3) is 0 Å². The molecule has 2 aromatic carbocycles. The minimum atomic E-state index is -1.06. The van der Waals surface area contributed by atoms with Gasteiger partial charge in [0.05, 0.1) is 0 Å². The fraction of sp³-hybridized carbons (Fsp3) is 0.238. The Kier molecular flexibility index (Phi) is 5.52. The largest absolute Gasteiger partial charge is 0.477 e. The summed E-state index contributed by atoms with van der Waals surface area (Å²) in [7, 11) is 0. The number of aromatic carboxylic acids is 1. The van der Waals surface area contributed by atoms with Crippen molar-refractivity contribution in [2.45, 2.75) is 6.54 Å². The third-order valence-corrected chi connectivity index (χ3v) is 5.96. The Morgan fingerprint density at radius 1 is 1.00 bits per heavy atom. The second-order valence-corrected chi connectivity index (χ2v) is 8.32. The number of carboxylic acids is 1. The number of fused-ring (bicyclic) bond motifs is 1. The number of anilines is 1. The molecular weight excluding hydrogens is 458 g/mol. The van der Waals surface area contributed by atoms with E-state index in [2.05, 4.69) is 33.0 Å². The smallest absolute Gasteiger partial charge is 0.352 e. The maximum absolute atomic E-state index is 12.9. The molecule has 0 saturated carbocycles. The monoisotopic (exact) mass is 475 g/mol. The van der Waals surface area contributed by atoms with E-state index in [1.807, 2.05) is 12.1 Å². The number of benzene rings is 2. The summed E-state index contributed by atoms with van der Waals surface area (Å²) in [6.45, 7) is 2.66. The van der Waals surface area contributed by atoms with Crippen LogP contribution in [0.25, 0.3) is 10.9 Å². The number of hydrogen-bond donors (Lipinski definition) is 1. The predicted molar refractivity (Wildman–Crippen MR) is 117 cm³/mol. The molecule has 150 valence electrons. The number of carboxylic acid groups (broad SMARTS) is 1. The SMILES string of the molecule is O=C(O)c1cc2cc(Cl)ccc2n1CC(=O)N1CCN(c2ccc(Br)cc2)CC1. The van der Waals surface area contributed by atoms with Gasteiger partial charge in [-0.25, -0.2) is 4.79 Å². The summed E-state index contributed by atoms with van der Waals surface area (Å²) in [5.74, 6) is -1.15. The molecule has 1 saturated heterocycles. The molecular formula is C21H19BrClN3O3. The first-order valence-electron chi connectivity index (χ1n) is 9.23. The fourth-order valence-corrected chi connectivity index (χ4v) is 4.14. The number of nitrogens with zero attached hydrogens (tertiary/aromatic N) is 3. The Balaban J connectivity index is 1.48. The summed E-state index contributed by atoms with van der Waals surface area (Å²) in [4.78, 5) is 28.6. The van der Waals surface area contributed by atoms with E-state index in [-0.39, 0.29) is 18.1 Å². The zero-order valence-electron chi connectivity index (χ0n) is 15.5. The maximum atomic E-state index is 12.9. The van der Waals surface area contributed by atoms with E-state index >= 15 is 0 Å². The highest BCUT2D eigenvalue weighted by atomic mass is 79.9. The van der Waals surface area contributed by atoms with Crippen molar-refractivity contribution in [3.05, 3.63) is 63.7 Å². The highest BCUT2D eigenvalue weighted by Gasteiger charge is 2.24. The lowest BCUT2D eigenvalue weighted by molar-refractivity contribution is -0.132. The molecule has 0 bridgehead atoms. The molecule has 0 aliphatic carbocycles. The van der Waals surface area contributed by atoms with Crippen molar-refractivity contribution in [2.24, 2.45) is 0 Å². The van der Waals surface area contributed by atoms with Gasteiger partial charge >= 0.3 is 5.97 Å². The van der Waals surface area contributed by atoms with E-state index in [0.29, 0.717) is 29.0 Å². The van der Waals surface area contributed by atoms with Crippen LogP contribution in [0.1, 0.15) is 10.5 Å². The molecule has 0 spiro atoms. The van der Waals surface area contributed by atoms with Crippen molar-refractivity contribution < 1.29 is 14.7 Å². The number of halogens is 2. The van der Waals surface area contributed by atoms with Crippen LogP contribution in [0.2, 0.25) is 5.02 Å². The van der Waals surface area contributed by atoms with E-state index in [4.69, 9.17) is 11.6 Å². The minimum absolute atomic E-state index is 0.00888. The number of aromatic nitrogens is 1. The molecule has 1 amide bonds. The van der Waals surface area contributed by atoms with Crippen LogP contribution in [0.3, 0.4) is 0 Å². The molecule has 6 nitrogen and oxygen atoms in total. The second kappa shape index (κ2) is 8.08. The number of rotatable bonds is 4. The normalized spacial score (nSPS) is 14.4. The van der Waals surface area contributed by atoms with Crippen LogP contribution in [0.15, 0.2) is 53.0 Å². The maximum Gasteiger partial charge on any atom is 0.352 e. The minimum Gasteiger partial charge on any atom is -0.477 e. The van der Waals surface area contributed by atoms with Crippen molar-refractivity contribution in [3.63, 3.8) is 0 Å². The van der Waals surface area contributed by atoms with Crippen LogP contribution in [-0.4, -0.2) is 52.6 Å². The number of amides is 1. The summed E-state index contributed by atoms with van der Waals surface area (Å²) >= 11 is 9.46. The van der Waals surface area contributed by atoms with Gasteiger partial charge < -0.3 is 19.5 Å². The zero-order valence-corrected chi connectivity index (χ0v) is 17.9. The van der Waals surface area contributed by atoms with Crippen LogP contribution in [-0.2, 0) is 11.3 Å². The molecule has 29 heavy (non-hydrogen) atoms. The van der Waals surface area contributed by atoms with Gasteiger partial charge in [-0.15, -0.1) is 0 Å². The Hall–Kier alpha value is -2.51. The zero-order chi connectivity index (χ0) is 20.5. The molecule has 0 radical (unpaired) electrons. The van der Waals surface area contributed by atoms with Crippen molar-refractivity contribution in [1.82, 2.24) is 9.47 Å². The Morgan fingerprint density at radius 2 is 1.69 bits per heavy atom.